The summed E-state index contributed by atoms with van der Waals surface area (Å²) < 4.78 is 0. The number of nitrogens with zero attached hydrogens (tertiary/aromatic N) is 1. The Morgan fingerprint density at radius 1 is 1.41 bits per heavy atom. The molecule has 0 spiro atoms. The summed E-state index contributed by atoms with van der Waals surface area (Å²) in [6.45, 7) is 2.10. The molecule has 3 heteroatoms. The molecular formula is C14H16N2S. The van der Waals surface area contributed by atoms with E-state index in [0.717, 1.165) is 5.82 Å². The number of hydrogen-bond acceptors (Lipinski definition) is 3. The van der Waals surface area contributed by atoms with Crippen LogP contribution in [0.5, 0.6) is 0 Å². The maximum absolute atomic E-state index is 4.42. The molecule has 3 rings (SSSR count). The highest BCUT2D eigenvalue weighted by Crippen LogP contribution is 2.35. The van der Waals surface area contributed by atoms with E-state index in [1.165, 1.54) is 30.4 Å². The first-order valence-corrected chi connectivity index (χ1v) is 6.97. The van der Waals surface area contributed by atoms with Crippen LogP contribution >= 0.6 is 11.3 Å². The molecule has 1 aliphatic rings. The molecule has 0 aliphatic heterocycles. The quantitative estimate of drug-likeness (QED) is 0.865. The van der Waals surface area contributed by atoms with Crippen LogP contribution in [0.3, 0.4) is 0 Å². The number of fused-ring (bicyclic) bond motifs is 1. The molecule has 0 bridgehead atoms. The van der Waals surface area contributed by atoms with Crippen molar-refractivity contribution in [3.63, 3.8) is 0 Å². The fourth-order valence-electron chi connectivity index (χ4n) is 2.44. The molecule has 17 heavy (non-hydrogen) atoms. The third kappa shape index (κ3) is 2.07. The molecule has 2 aromatic heterocycles. The Hall–Kier alpha value is -1.35. The van der Waals surface area contributed by atoms with Gasteiger partial charge in [-0.25, -0.2) is 4.98 Å². The van der Waals surface area contributed by atoms with Gasteiger partial charge >= 0.3 is 0 Å². The van der Waals surface area contributed by atoms with Crippen LogP contribution in [-0.2, 0) is 6.42 Å². The molecule has 2 aromatic rings. The molecule has 0 radical (unpaired) electrons. The van der Waals surface area contributed by atoms with Crippen molar-refractivity contribution in [3.8, 4) is 0 Å². The largest absolute Gasteiger partial charge is 0.363 e. The molecule has 0 saturated carbocycles. The summed E-state index contributed by atoms with van der Waals surface area (Å²) in [5.41, 5.74) is 2.70. The average Bonchev–Trinajstić information content (AvgIpc) is 2.81. The lowest BCUT2D eigenvalue weighted by Gasteiger charge is -2.24. The Balaban J connectivity index is 1.86. The Kier molecular flexibility index (Phi) is 2.85. The number of pyridine rings is 1. The minimum absolute atomic E-state index is 0.443. The first-order chi connectivity index (χ1) is 8.34. The normalized spacial score (nSPS) is 18.8. The van der Waals surface area contributed by atoms with Crippen molar-refractivity contribution >= 4 is 17.2 Å². The van der Waals surface area contributed by atoms with Gasteiger partial charge < -0.3 is 5.32 Å². The van der Waals surface area contributed by atoms with Crippen molar-refractivity contribution in [2.45, 2.75) is 32.2 Å². The van der Waals surface area contributed by atoms with E-state index >= 15 is 0 Å². The summed E-state index contributed by atoms with van der Waals surface area (Å²) in [4.78, 5) is 5.97. The van der Waals surface area contributed by atoms with E-state index in [2.05, 4.69) is 34.7 Å². The van der Waals surface area contributed by atoms with Crippen molar-refractivity contribution in [3.05, 3.63) is 45.8 Å². The van der Waals surface area contributed by atoms with Crippen LogP contribution in [0.15, 0.2) is 29.8 Å². The van der Waals surface area contributed by atoms with Gasteiger partial charge in [0.2, 0.25) is 0 Å². The number of thiophene rings is 1. The predicted molar refractivity (Wildman–Crippen MR) is 72.6 cm³/mol. The van der Waals surface area contributed by atoms with Gasteiger partial charge in [0.05, 0.1) is 6.04 Å². The van der Waals surface area contributed by atoms with Crippen LogP contribution in [-0.4, -0.2) is 4.98 Å². The lowest BCUT2D eigenvalue weighted by atomic mass is 9.94. The highest BCUT2D eigenvalue weighted by Gasteiger charge is 2.21. The molecule has 1 aliphatic carbocycles. The van der Waals surface area contributed by atoms with E-state index < -0.39 is 0 Å². The molecule has 2 nitrogen and oxygen atoms in total. The van der Waals surface area contributed by atoms with E-state index in [1.54, 1.807) is 4.88 Å². The van der Waals surface area contributed by atoms with E-state index in [4.69, 9.17) is 0 Å². The van der Waals surface area contributed by atoms with Gasteiger partial charge in [0.25, 0.3) is 0 Å². The Labute approximate surface area is 106 Å². The lowest BCUT2D eigenvalue weighted by Crippen LogP contribution is -2.16. The zero-order valence-corrected chi connectivity index (χ0v) is 10.8. The first kappa shape index (κ1) is 10.8. The third-order valence-electron chi connectivity index (χ3n) is 3.37. The van der Waals surface area contributed by atoms with E-state index in [-0.39, 0.29) is 0 Å². The number of anilines is 1. The molecule has 2 heterocycles. The zero-order valence-electron chi connectivity index (χ0n) is 9.94. The van der Waals surface area contributed by atoms with Gasteiger partial charge in [-0.15, -0.1) is 11.3 Å². The molecular weight excluding hydrogens is 228 g/mol. The maximum atomic E-state index is 4.42. The van der Waals surface area contributed by atoms with Gasteiger partial charge in [-0.2, -0.15) is 0 Å². The maximum Gasteiger partial charge on any atom is 0.129 e. The predicted octanol–water partition coefficient (Wildman–Crippen LogP) is 3.94. The minimum Gasteiger partial charge on any atom is -0.363 e. The van der Waals surface area contributed by atoms with Crippen LogP contribution in [0.1, 0.15) is 34.9 Å². The summed E-state index contributed by atoms with van der Waals surface area (Å²) in [5.74, 6) is 1.02. The number of rotatable bonds is 2. The number of hydrogen-bond donors (Lipinski definition) is 1. The molecule has 1 atom stereocenters. The van der Waals surface area contributed by atoms with Gasteiger partial charge in [0, 0.05) is 11.1 Å². The molecule has 0 amide bonds. The van der Waals surface area contributed by atoms with Gasteiger partial charge in [0.1, 0.15) is 5.82 Å². The summed E-state index contributed by atoms with van der Waals surface area (Å²) in [5, 5.41) is 5.79. The fourth-order valence-corrected chi connectivity index (χ4v) is 3.43. The van der Waals surface area contributed by atoms with Crippen LogP contribution in [0, 0.1) is 6.92 Å². The van der Waals surface area contributed by atoms with Crippen molar-refractivity contribution < 1.29 is 0 Å². The van der Waals surface area contributed by atoms with E-state index in [1.807, 2.05) is 23.6 Å². The van der Waals surface area contributed by atoms with E-state index in [9.17, 15) is 0 Å². The smallest absolute Gasteiger partial charge is 0.129 e. The monoisotopic (exact) mass is 244 g/mol. The highest BCUT2D eigenvalue weighted by molar-refractivity contribution is 7.10. The molecule has 1 N–H and O–H groups in total. The van der Waals surface area contributed by atoms with E-state index in [0.29, 0.717) is 6.04 Å². The van der Waals surface area contributed by atoms with Crippen molar-refractivity contribution in [1.29, 1.82) is 0 Å². The van der Waals surface area contributed by atoms with Gasteiger partial charge in [-0.3, -0.25) is 0 Å². The standard InChI is InChI=1S/C14H16N2S/c1-10-4-3-8-15-14(10)16-12-5-2-6-13-11(12)7-9-17-13/h3-4,7-9,12H,2,5-6H2,1H3,(H,15,16). The SMILES string of the molecule is Cc1cccnc1NC1CCCc2sccc21. The van der Waals surface area contributed by atoms with Gasteiger partial charge in [-0.1, -0.05) is 6.07 Å². The Morgan fingerprint density at radius 3 is 3.24 bits per heavy atom. The second-order valence-corrected chi connectivity index (χ2v) is 5.56. The Bertz CT molecular complexity index is 518. The molecule has 88 valence electrons. The van der Waals surface area contributed by atoms with Crippen molar-refractivity contribution in [1.82, 2.24) is 4.98 Å². The van der Waals surface area contributed by atoms with Crippen molar-refractivity contribution in [2.75, 3.05) is 5.32 Å². The molecule has 0 fully saturated rings. The molecule has 0 aromatic carbocycles. The summed E-state index contributed by atoms with van der Waals surface area (Å²) >= 11 is 1.88. The van der Waals surface area contributed by atoms with Gasteiger partial charge in [-0.05, 0) is 54.8 Å². The Morgan fingerprint density at radius 2 is 2.35 bits per heavy atom. The zero-order chi connectivity index (χ0) is 11.7. The highest BCUT2D eigenvalue weighted by atomic mass is 32.1. The topological polar surface area (TPSA) is 24.9 Å². The number of aromatic nitrogens is 1. The summed E-state index contributed by atoms with van der Waals surface area (Å²) in [7, 11) is 0. The molecule has 0 saturated heterocycles. The minimum atomic E-state index is 0.443. The fraction of sp³-hybridized carbons (Fsp3) is 0.357. The first-order valence-electron chi connectivity index (χ1n) is 6.09. The van der Waals surface area contributed by atoms with Gasteiger partial charge in [0.15, 0.2) is 0 Å². The number of nitrogens with one attached hydrogen (secondary N) is 1. The van der Waals surface area contributed by atoms with Crippen molar-refractivity contribution in [2.24, 2.45) is 0 Å². The third-order valence-corrected chi connectivity index (χ3v) is 4.37. The lowest BCUT2D eigenvalue weighted by molar-refractivity contribution is 0.606. The van der Waals surface area contributed by atoms with Crippen LogP contribution in [0.2, 0.25) is 0 Å². The van der Waals surface area contributed by atoms with Crippen LogP contribution in [0.25, 0.3) is 0 Å². The summed E-state index contributed by atoms with van der Waals surface area (Å²) in [6.07, 6.45) is 5.58. The average molecular weight is 244 g/mol. The molecule has 1 unspecified atom stereocenters. The summed E-state index contributed by atoms with van der Waals surface area (Å²) in [6, 6.07) is 6.79. The second kappa shape index (κ2) is 4.49. The number of aryl methyl sites for hydroxylation is 2. The van der Waals surface area contributed by atoms with Crippen LogP contribution < -0.4 is 5.32 Å². The second-order valence-electron chi connectivity index (χ2n) is 4.56. The van der Waals surface area contributed by atoms with Crippen LogP contribution in [0.4, 0.5) is 5.82 Å².